The second-order valence-corrected chi connectivity index (χ2v) is 6.52. The fourth-order valence-corrected chi connectivity index (χ4v) is 3.23. The Labute approximate surface area is 171 Å². The molecule has 3 N–H and O–H groups in total. The number of pyridine rings is 1. The Kier molecular flexibility index (Phi) is 4.97. The molecule has 0 fully saturated rings. The van der Waals surface area contributed by atoms with Gasteiger partial charge in [-0.2, -0.15) is 0 Å². The molecule has 30 heavy (non-hydrogen) atoms. The van der Waals surface area contributed by atoms with Gasteiger partial charge in [-0.05, 0) is 47.5 Å². The molecule has 2 aromatic carbocycles. The number of amides is 1. The molecule has 4 rings (SSSR count). The van der Waals surface area contributed by atoms with Gasteiger partial charge in [0.2, 0.25) is 0 Å². The molecule has 2 aromatic heterocycles. The zero-order valence-corrected chi connectivity index (χ0v) is 16.3. The van der Waals surface area contributed by atoms with E-state index in [1.807, 2.05) is 18.2 Å². The van der Waals surface area contributed by atoms with Crippen LogP contribution in [0.3, 0.4) is 0 Å². The van der Waals surface area contributed by atoms with Gasteiger partial charge in [0.25, 0.3) is 5.91 Å². The van der Waals surface area contributed by atoms with Crippen LogP contribution in [0, 0.1) is 5.82 Å². The van der Waals surface area contributed by atoms with Crippen molar-refractivity contribution in [2.45, 2.75) is 0 Å². The summed E-state index contributed by atoms with van der Waals surface area (Å²) in [7, 11) is 3.31. The van der Waals surface area contributed by atoms with E-state index in [4.69, 9.17) is 10.5 Å². The van der Waals surface area contributed by atoms with E-state index < -0.39 is 11.7 Å². The number of anilines is 1. The van der Waals surface area contributed by atoms with Gasteiger partial charge in [0.1, 0.15) is 22.9 Å². The number of carbonyl (C=O) groups excluding carboxylic acids is 1. The predicted octanol–water partition coefficient (Wildman–Crippen LogP) is 3.65. The number of halogens is 1. The number of hydrogen-bond donors (Lipinski definition) is 2. The van der Waals surface area contributed by atoms with Crippen LogP contribution < -0.4 is 15.8 Å². The van der Waals surface area contributed by atoms with Gasteiger partial charge in [-0.3, -0.25) is 9.78 Å². The van der Waals surface area contributed by atoms with Crippen LogP contribution in [0.2, 0.25) is 0 Å². The van der Waals surface area contributed by atoms with Crippen LogP contribution in [0.1, 0.15) is 10.4 Å². The molecular weight excluding hydrogens is 385 g/mol. The van der Waals surface area contributed by atoms with Crippen LogP contribution >= 0.6 is 0 Å². The largest absolute Gasteiger partial charge is 0.494 e. The number of hydrogen-bond acceptors (Lipinski definition) is 6. The summed E-state index contributed by atoms with van der Waals surface area (Å²) in [6.45, 7) is 0. The van der Waals surface area contributed by atoms with E-state index in [1.165, 1.54) is 12.1 Å². The zero-order chi connectivity index (χ0) is 21.3. The third-order valence-corrected chi connectivity index (χ3v) is 4.71. The Bertz CT molecular complexity index is 1260. The maximum atomic E-state index is 13.9. The third kappa shape index (κ3) is 3.39. The summed E-state index contributed by atoms with van der Waals surface area (Å²) in [6, 6.07) is 11.5. The molecule has 0 spiro atoms. The molecule has 8 heteroatoms. The number of ether oxygens (including phenoxy) is 1. The number of nitrogens with zero attached hydrogens (tertiary/aromatic N) is 3. The van der Waals surface area contributed by atoms with Crippen molar-refractivity contribution in [1.29, 1.82) is 0 Å². The molecule has 0 atom stereocenters. The highest BCUT2D eigenvalue weighted by atomic mass is 19.1. The minimum atomic E-state index is -0.831. The minimum absolute atomic E-state index is 0.177. The van der Waals surface area contributed by atoms with E-state index >= 15 is 0 Å². The summed E-state index contributed by atoms with van der Waals surface area (Å²) in [5.74, 6) is 0.110. The first-order valence-electron chi connectivity index (χ1n) is 9.09. The van der Waals surface area contributed by atoms with Gasteiger partial charge in [0.15, 0.2) is 5.82 Å². The van der Waals surface area contributed by atoms with Gasteiger partial charge >= 0.3 is 0 Å². The molecule has 0 aliphatic rings. The number of nitrogens with two attached hydrogens (primary N) is 1. The van der Waals surface area contributed by atoms with Gasteiger partial charge in [-0.1, -0.05) is 6.07 Å². The summed E-state index contributed by atoms with van der Waals surface area (Å²) in [5, 5.41) is 3.80. The van der Waals surface area contributed by atoms with E-state index in [0.717, 1.165) is 5.56 Å². The Morgan fingerprint density at radius 2 is 1.93 bits per heavy atom. The average molecular weight is 403 g/mol. The number of fused-ring (bicyclic) bond motifs is 1. The van der Waals surface area contributed by atoms with Crippen molar-refractivity contribution in [3.8, 4) is 28.3 Å². The Hall–Kier alpha value is -4.07. The van der Waals surface area contributed by atoms with Crippen LogP contribution in [0.25, 0.3) is 33.4 Å². The highest BCUT2D eigenvalue weighted by Crippen LogP contribution is 2.36. The molecule has 7 nitrogen and oxygen atoms in total. The van der Waals surface area contributed by atoms with Crippen LogP contribution in [-0.2, 0) is 0 Å². The molecule has 150 valence electrons. The number of benzene rings is 2. The monoisotopic (exact) mass is 403 g/mol. The lowest BCUT2D eigenvalue weighted by molar-refractivity contribution is 0.0996. The highest BCUT2D eigenvalue weighted by molar-refractivity contribution is 5.99. The maximum Gasteiger partial charge on any atom is 0.251 e. The first-order chi connectivity index (χ1) is 14.5. The highest BCUT2D eigenvalue weighted by Gasteiger charge is 2.16. The van der Waals surface area contributed by atoms with Crippen molar-refractivity contribution in [2.75, 3.05) is 19.5 Å². The van der Waals surface area contributed by atoms with Crippen molar-refractivity contribution in [1.82, 2.24) is 15.0 Å². The normalized spacial score (nSPS) is 10.8. The van der Waals surface area contributed by atoms with E-state index in [9.17, 15) is 9.18 Å². The molecular formula is C22H18FN5O2. The van der Waals surface area contributed by atoms with E-state index in [1.54, 1.807) is 38.7 Å². The Balaban J connectivity index is 1.95. The van der Waals surface area contributed by atoms with Gasteiger partial charge in [-0.15, -0.1) is 0 Å². The lowest BCUT2D eigenvalue weighted by Crippen LogP contribution is -2.13. The molecule has 0 bridgehead atoms. The zero-order valence-electron chi connectivity index (χ0n) is 16.3. The smallest absolute Gasteiger partial charge is 0.251 e. The van der Waals surface area contributed by atoms with Crippen LogP contribution in [0.4, 0.5) is 10.2 Å². The second-order valence-electron chi connectivity index (χ2n) is 6.52. The number of nitrogens with one attached hydrogen (secondary N) is 1. The first kappa shape index (κ1) is 19.3. The summed E-state index contributed by atoms with van der Waals surface area (Å²) in [6.07, 6.45) is 3.37. The number of rotatable bonds is 5. The standard InChI is InChI=1S/C22H18FN5O2/c1-25-22-16-9-14(12-5-6-17(23)15(8-12)20(24)29)10-18(30-2)19(16)27-21(28-22)13-4-3-7-26-11-13/h3-11H,1-2H3,(H2,24,29)(H,25,27,28). The first-order valence-corrected chi connectivity index (χ1v) is 9.09. The lowest BCUT2D eigenvalue weighted by atomic mass is 10.00. The fourth-order valence-electron chi connectivity index (χ4n) is 3.23. The number of primary amides is 1. The van der Waals surface area contributed by atoms with Crippen molar-refractivity contribution in [2.24, 2.45) is 5.73 Å². The molecule has 2 heterocycles. The Morgan fingerprint density at radius 3 is 2.60 bits per heavy atom. The van der Waals surface area contributed by atoms with E-state index in [2.05, 4.69) is 20.3 Å². The van der Waals surface area contributed by atoms with Gasteiger partial charge in [-0.25, -0.2) is 14.4 Å². The minimum Gasteiger partial charge on any atom is -0.494 e. The topological polar surface area (TPSA) is 103 Å². The van der Waals surface area contributed by atoms with E-state index in [0.29, 0.717) is 39.4 Å². The molecule has 4 aromatic rings. The van der Waals surface area contributed by atoms with Crippen molar-refractivity contribution in [3.63, 3.8) is 0 Å². The van der Waals surface area contributed by atoms with Crippen LogP contribution in [0.5, 0.6) is 5.75 Å². The molecule has 0 radical (unpaired) electrons. The summed E-state index contributed by atoms with van der Waals surface area (Å²) in [4.78, 5) is 24.9. The maximum absolute atomic E-state index is 13.9. The molecule has 1 amide bonds. The molecule has 0 saturated carbocycles. The summed E-state index contributed by atoms with van der Waals surface area (Å²) in [5.41, 5.74) is 7.81. The number of carbonyl (C=O) groups is 1. The molecule has 0 aliphatic heterocycles. The quantitative estimate of drug-likeness (QED) is 0.527. The summed E-state index contributed by atoms with van der Waals surface area (Å²) < 4.78 is 19.5. The summed E-state index contributed by atoms with van der Waals surface area (Å²) >= 11 is 0. The predicted molar refractivity (Wildman–Crippen MR) is 113 cm³/mol. The third-order valence-electron chi connectivity index (χ3n) is 4.71. The van der Waals surface area contributed by atoms with E-state index in [-0.39, 0.29) is 5.56 Å². The van der Waals surface area contributed by atoms with Gasteiger partial charge < -0.3 is 15.8 Å². The van der Waals surface area contributed by atoms with Crippen LogP contribution in [0.15, 0.2) is 54.9 Å². The fraction of sp³-hybridized carbons (Fsp3) is 0.0909. The van der Waals surface area contributed by atoms with Crippen LogP contribution in [-0.4, -0.2) is 35.0 Å². The van der Waals surface area contributed by atoms with Crippen molar-refractivity contribution in [3.05, 3.63) is 66.2 Å². The van der Waals surface area contributed by atoms with Crippen molar-refractivity contribution >= 4 is 22.6 Å². The van der Waals surface area contributed by atoms with Crippen molar-refractivity contribution < 1.29 is 13.9 Å². The van der Waals surface area contributed by atoms with Gasteiger partial charge in [0.05, 0.1) is 12.7 Å². The number of aromatic nitrogens is 3. The SMILES string of the molecule is CNc1nc(-c2cccnc2)nc2c(OC)cc(-c3ccc(F)c(C(N)=O)c3)cc12. The average Bonchev–Trinajstić information content (AvgIpc) is 2.78. The Morgan fingerprint density at radius 1 is 1.10 bits per heavy atom. The molecule has 0 aliphatic carbocycles. The van der Waals surface area contributed by atoms with Gasteiger partial charge in [0, 0.05) is 30.4 Å². The molecule has 0 unspecified atom stereocenters. The second kappa shape index (κ2) is 7.75. The number of methoxy groups -OCH3 is 1. The molecule has 0 saturated heterocycles. The lowest BCUT2D eigenvalue weighted by Gasteiger charge is -2.14.